The van der Waals surface area contributed by atoms with E-state index in [9.17, 15) is 4.79 Å². The molecule has 4 heteroatoms. The number of carbonyl (C=O) groups is 1. The number of aromatic nitrogens is 1. The predicted molar refractivity (Wildman–Crippen MR) is 83.6 cm³/mol. The van der Waals surface area contributed by atoms with Gasteiger partial charge in [-0.15, -0.1) is 0 Å². The third-order valence-electron chi connectivity index (χ3n) is 3.70. The average Bonchev–Trinajstić information content (AvgIpc) is 2.79. The van der Waals surface area contributed by atoms with Crippen LogP contribution in [0.4, 0.5) is 0 Å². The van der Waals surface area contributed by atoms with E-state index in [1.165, 1.54) is 24.1 Å². The summed E-state index contributed by atoms with van der Waals surface area (Å²) >= 11 is 0. The Morgan fingerprint density at radius 3 is 2.57 bits per heavy atom. The fraction of sp³-hybridized carbons (Fsp3) is 0.353. The zero-order valence-electron chi connectivity index (χ0n) is 13.0. The zero-order chi connectivity index (χ0) is 15.4. The normalized spacial score (nSPS) is 12.2. The largest absolute Gasteiger partial charge is 0.468 e. The molecule has 1 aromatic heterocycles. The fourth-order valence-corrected chi connectivity index (χ4v) is 2.51. The zero-order valence-corrected chi connectivity index (χ0v) is 13.0. The van der Waals surface area contributed by atoms with Crippen molar-refractivity contribution in [3.05, 3.63) is 53.3 Å². The molecule has 4 nitrogen and oxygen atoms in total. The summed E-state index contributed by atoms with van der Waals surface area (Å²) in [6.07, 6.45) is 0. The van der Waals surface area contributed by atoms with Gasteiger partial charge in [0, 0.05) is 23.6 Å². The van der Waals surface area contributed by atoms with Crippen molar-refractivity contribution in [1.29, 1.82) is 0 Å². The van der Waals surface area contributed by atoms with E-state index in [1.807, 2.05) is 25.1 Å². The van der Waals surface area contributed by atoms with Crippen LogP contribution in [0, 0.1) is 13.8 Å². The van der Waals surface area contributed by atoms with E-state index in [0.29, 0.717) is 6.54 Å². The van der Waals surface area contributed by atoms with Crippen LogP contribution in [0.3, 0.4) is 0 Å². The van der Waals surface area contributed by atoms with Crippen molar-refractivity contribution in [1.82, 2.24) is 9.88 Å². The van der Waals surface area contributed by atoms with E-state index in [2.05, 4.69) is 41.9 Å². The molecule has 1 aromatic carbocycles. The van der Waals surface area contributed by atoms with Crippen LogP contribution in [0.15, 0.2) is 36.4 Å². The lowest BCUT2D eigenvalue weighted by atomic mass is 10.2. The van der Waals surface area contributed by atoms with Gasteiger partial charge in [-0.2, -0.15) is 0 Å². The highest BCUT2D eigenvalue weighted by molar-refractivity contribution is 5.75. The van der Waals surface area contributed by atoms with E-state index in [1.54, 1.807) is 0 Å². The Kier molecular flexibility index (Phi) is 4.81. The second-order valence-corrected chi connectivity index (χ2v) is 5.19. The Hall–Kier alpha value is -2.07. The number of nitrogens with zero attached hydrogens (tertiary/aromatic N) is 1. The molecule has 112 valence electrons. The van der Waals surface area contributed by atoms with Gasteiger partial charge in [0.1, 0.15) is 6.04 Å². The molecule has 0 amide bonds. The van der Waals surface area contributed by atoms with Gasteiger partial charge in [0.2, 0.25) is 0 Å². The molecular weight excluding hydrogens is 264 g/mol. The SMILES string of the molecule is COC(=O)C(C)NCc1cc(C)n(-c2ccccc2)c1C. The summed E-state index contributed by atoms with van der Waals surface area (Å²) in [5.41, 5.74) is 4.70. The summed E-state index contributed by atoms with van der Waals surface area (Å²) in [5.74, 6) is -0.244. The maximum Gasteiger partial charge on any atom is 0.322 e. The summed E-state index contributed by atoms with van der Waals surface area (Å²) in [7, 11) is 1.40. The van der Waals surface area contributed by atoms with Gasteiger partial charge in [0.05, 0.1) is 7.11 Å². The maximum atomic E-state index is 11.4. The first-order valence-electron chi connectivity index (χ1n) is 7.09. The Balaban J connectivity index is 2.18. The monoisotopic (exact) mass is 286 g/mol. The number of esters is 1. The minimum absolute atomic E-state index is 0.244. The predicted octanol–water partition coefficient (Wildman–Crippen LogP) is 2.75. The third-order valence-corrected chi connectivity index (χ3v) is 3.70. The lowest BCUT2D eigenvalue weighted by Gasteiger charge is -2.12. The van der Waals surface area contributed by atoms with Crippen LogP contribution < -0.4 is 5.32 Å². The fourth-order valence-electron chi connectivity index (χ4n) is 2.51. The number of hydrogen-bond donors (Lipinski definition) is 1. The molecule has 0 aliphatic heterocycles. The number of ether oxygens (including phenoxy) is 1. The summed E-state index contributed by atoms with van der Waals surface area (Å²) in [4.78, 5) is 11.4. The van der Waals surface area contributed by atoms with Gasteiger partial charge >= 0.3 is 5.97 Å². The van der Waals surface area contributed by atoms with E-state index < -0.39 is 0 Å². The first-order chi connectivity index (χ1) is 10.0. The van der Waals surface area contributed by atoms with Crippen molar-refractivity contribution >= 4 is 5.97 Å². The van der Waals surface area contributed by atoms with Gasteiger partial charge in [0.15, 0.2) is 0 Å². The van der Waals surface area contributed by atoms with Gasteiger partial charge in [-0.1, -0.05) is 18.2 Å². The minimum Gasteiger partial charge on any atom is -0.468 e. The van der Waals surface area contributed by atoms with Crippen molar-refractivity contribution in [2.75, 3.05) is 7.11 Å². The smallest absolute Gasteiger partial charge is 0.322 e. The molecule has 0 spiro atoms. The van der Waals surface area contributed by atoms with Gasteiger partial charge in [-0.25, -0.2) is 0 Å². The van der Waals surface area contributed by atoms with Gasteiger partial charge in [-0.3, -0.25) is 4.79 Å². The van der Waals surface area contributed by atoms with Gasteiger partial charge in [0.25, 0.3) is 0 Å². The van der Waals surface area contributed by atoms with Crippen molar-refractivity contribution in [2.24, 2.45) is 0 Å². The van der Waals surface area contributed by atoms with Crippen LogP contribution in [-0.2, 0) is 16.1 Å². The second-order valence-electron chi connectivity index (χ2n) is 5.19. The highest BCUT2D eigenvalue weighted by Gasteiger charge is 2.15. The quantitative estimate of drug-likeness (QED) is 0.860. The summed E-state index contributed by atoms with van der Waals surface area (Å²) in [6.45, 7) is 6.64. The van der Waals surface area contributed by atoms with Crippen LogP contribution in [0.5, 0.6) is 0 Å². The number of carbonyl (C=O) groups excluding carboxylic acids is 1. The third kappa shape index (κ3) is 3.34. The lowest BCUT2D eigenvalue weighted by molar-refractivity contribution is -0.142. The topological polar surface area (TPSA) is 43.3 Å². The maximum absolute atomic E-state index is 11.4. The number of rotatable bonds is 5. The number of aryl methyl sites for hydroxylation is 1. The molecule has 1 heterocycles. The number of benzene rings is 1. The molecule has 0 saturated heterocycles. The highest BCUT2D eigenvalue weighted by Crippen LogP contribution is 2.20. The van der Waals surface area contributed by atoms with E-state index in [4.69, 9.17) is 4.74 Å². The van der Waals surface area contributed by atoms with Crippen molar-refractivity contribution in [2.45, 2.75) is 33.4 Å². The van der Waals surface area contributed by atoms with Crippen LogP contribution in [0.25, 0.3) is 5.69 Å². The molecule has 0 bridgehead atoms. The van der Waals surface area contributed by atoms with Gasteiger partial charge in [-0.05, 0) is 44.5 Å². The first-order valence-corrected chi connectivity index (χ1v) is 7.09. The number of para-hydroxylation sites is 1. The molecular formula is C17H22N2O2. The first kappa shape index (κ1) is 15.3. The number of hydrogen-bond acceptors (Lipinski definition) is 3. The molecule has 0 aliphatic rings. The Labute approximate surface area is 125 Å². The summed E-state index contributed by atoms with van der Waals surface area (Å²) in [5, 5.41) is 3.19. The number of nitrogens with one attached hydrogen (secondary N) is 1. The van der Waals surface area contributed by atoms with Crippen molar-refractivity contribution in [3.63, 3.8) is 0 Å². The summed E-state index contributed by atoms with van der Waals surface area (Å²) < 4.78 is 6.94. The van der Waals surface area contributed by atoms with Crippen LogP contribution in [0.2, 0.25) is 0 Å². The lowest BCUT2D eigenvalue weighted by Crippen LogP contribution is -2.34. The standard InChI is InChI=1S/C17H22N2O2/c1-12-10-15(11-18-13(2)17(20)21-4)14(3)19(12)16-8-6-5-7-9-16/h5-10,13,18H,11H2,1-4H3. The molecule has 0 aliphatic carbocycles. The molecule has 0 fully saturated rings. The molecule has 2 aromatic rings. The van der Waals surface area contributed by atoms with Crippen molar-refractivity contribution in [3.8, 4) is 5.69 Å². The molecule has 0 saturated carbocycles. The van der Waals surface area contributed by atoms with E-state index in [0.717, 1.165) is 5.69 Å². The van der Waals surface area contributed by atoms with Crippen LogP contribution in [0.1, 0.15) is 23.9 Å². The van der Waals surface area contributed by atoms with Crippen LogP contribution in [-0.4, -0.2) is 23.7 Å². The van der Waals surface area contributed by atoms with Crippen LogP contribution >= 0.6 is 0 Å². The Morgan fingerprint density at radius 2 is 1.95 bits per heavy atom. The summed E-state index contributed by atoms with van der Waals surface area (Å²) in [6, 6.07) is 12.1. The Bertz CT molecular complexity index is 617. The molecule has 21 heavy (non-hydrogen) atoms. The van der Waals surface area contributed by atoms with Crippen molar-refractivity contribution < 1.29 is 9.53 Å². The molecule has 1 atom stereocenters. The second kappa shape index (κ2) is 6.59. The van der Waals surface area contributed by atoms with E-state index in [-0.39, 0.29) is 12.0 Å². The average molecular weight is 286 g/mol. The molecule has 1 unspecified atom stereocenters. The minimum atomic E-state index is -0.310. The van der Waals surface area contributed by atoms with E-state index >= 15 is 0 Å². The molecule has 0 radical (unpaired) electrons. The van der Waals surface area contributed by atoms with Gasteiger partial charge < -0.3 is 14.6 Å². The Morgan fingerprint density at radius 1 is 1.29 bits per heavy atom. The number of methoxy groups -OCH3 is 1. The molecule has 1 N–H and O–H groups in total. The highest BCUT2D eigenvalue weighted by atomic mass is 16.5. The molecule has 2 rings (SSSR count).